The van der Waals surface area contributed by atoms with Crippen LogP contribution in [0.25, 0.3) is 10.2 Å². The van der Waals surface area contributed by atoms with E-state index in [9.17, 15) is 4.79 Å². The topological polar surface area (TPSA) is 36.4 Å². The van der Waals surface area contributed by atoms with Crippen LogP contribution in [0.5, 0.6) is 0 Å². The molecule has 5 heteroatoms. The monoisotopic (exact) mass is 303 g/mol. The lowest BCUT2D eigenvalue weighted by Crippen LogP contribution is -2.45. The number of hydrogen-bond acceptors (Lipinski definition) is 4. The molecular formula is C16H21N3OS. The van der Waals surface area contributed by atoms with Crippen molar-refractivity contribution >= 4 is 32.6 Å². The van der Waals surface area contributed by atoms with Crippen LogP contribution in [0.4, 0.5) is 5.13 Å². The molecule has 1 saturated heterocycles. The number of hydrogen-bond donors (Lipinski definition) is 0. The zero-order chi connectivity index (χ0) is 15.0. The summed E-state index contributed by atoms with van der Waals surface area (Å²) in [5.41, 5.74) is 2.36. The Bertz CT molecular complexity index is 659. The Labute approximate surface area is 129 Å². The molecule has 3 rings (SSSR count). The van der Waals surface area contributed by atoms with Gasteiger partial charge in [-0.15, -0.1) is 0 Å². The second kappa shape index (κ2) is 5.64. The van der Waals surface area contributed by atoms with Gasteiger partial charge in [0.2, 0.25) is 5.91 Å². The second-order valence-corrected chi connectivity index (χ2v) is 6.82. The summed E-state index contributed by atoms with van der Waals surface area (Å²) in [7, 11) is 1.91. The van der Waals surface area contributed by atoms with Crippen LogP contribution < -0.4 is 4.90 Å². The summed E-state index contributed by atoms with van der Waals surface area (Å²) >= 11 is 1.77. The molecule has 1 aromatic carbocycles. The van der Waals surface area contributed by atoms with E-state index in [0.29, 0.717) is 6.04 Å². The number of thiazole rings is 1. The number of fused-ring (bicyclic) bond motifs is 1. The molecule has 1 amide bonds. The second-order valence-electron chi connectivity index (χ2n) is 5.82. The van der Waals surface area contributed by atoms with Gasteiger partial charge in [-0.3, -0.25) is 4.79 Å². The zero-order valence-corrected chi connectivity index (χ0v) is 13.6. The van der Waals surface area contributed by atoms with E-state index < -0.39 is 0 Å². The number of amides is 1. The maximum Gasteiger partial charge on any atom is 0.219 e. The lowest BCUT2D eigenvalue weighted by Gasteiger charge is -2.36. The van der Waals surface area contributed by atoms with Crippen molar-refractivity contribution in [1.29, 1.82) is 0 Å². The molecule has 0 bridgehead atoms. The normalized spacial score (nSPS) is 16.4. The first-order chi connectivity index (χ1) is 10.0. The maximum atomic E-state index is 11.4. The van der Waals surface area contributed by atoms with Crippen LogP contribution in [0, 0.1) is 6.92 Å². The number of aromatic nitrogens is 1. The summed E-state index contributed by atoms with van der Waals surface area (Å²) in [5, 5.41) is 1.11. The Morgan fingerprint density at radius 1 is 1.38 bits per heavy atom. The van der Waals surface area contributed by atoms with Crippen molar-refractivity contribution in [2.75, 3.05) is 25.0 Å². The Morgan fingerprint density at radius 2 is 2.10 bits per heavy atom. The molecular weight excluding hydrogens is 282 g/mol. The van der Waals surface area contributed by atoms with Gasteiger partial charge >= 0.3 is 0 Å². The molecule has 1 aliphatic rings. The van der Waals surface area contributed by atoms with Gasteiger partial charge in [-0.1, -0.05) is 17.4 Å². The van der Waals surface area contributed by atoms with Crippen molar-refractivity contribution in [3.05, 3.63) is 23.8 Å². The van der Waals surface area contributed by atoms with E-state index in [1.807, 2.05) is 11.9 Å². The largest absolute Gasteiger partial charge is 0.348 e. The predicted octanol–water partition coefficient (Wildman–Crippen LogP) is 3.05. The van der Waals surface area contributed by atoms with Gasteiger partial charge in [-0.05, 0) is 37.5 Å². The van der Waals surface area contributed by atoms with E-state index in [1.165, 1.54) is 10.3 Å². The minimum Gasteiger partial charge on any atom is -0.348 e. The van der Waals surface area contributed by atoms with Gasteiger partial charge in [-0.2, -0.15) is 0 Å². The van der Waals surface area contributed by atoms with Gasteiger partial charge in [0.25, 0.3) is 0 Å². The smallest absolute Gasteiger partial charge is 0.219 e. The number of benzene rings is 1. The van der Waals surface area contributed by atoms with Crippen LogP contribution in [0.3, 0.4) is 0 Å². The van der Waals surface area contributed by atoms with E-state index >= 15 is 0 Å². The average Bonchev–Trinajstić information content (AvgIpc) is 2.89. The van der Waals surface area contributed by atoms with Crippen LogP contribution in [-0.2, 0) is 4.79 Å². The number of nitrogens with zero attached hydrogens (tertiary/aromatic N) is 3. The minimum absolute atomic E-state index is 0.156. The first-order valence-electron chi connectivity index (χ1n) is 7.40. The first kappa shape index (κ1) is 14.3. The van der Waals surface area contributed by atoms with Crippen LogP contribution in [0.1, 0.15) is 25.3 Å². The summed E-state index contributed by atoms with van der Waals surface area (Å²) in [6.07, 6.45) is 2.04. The van der Waals surface area contributed by atoms with E-state index in [1.54, 1.807) is 18.3 Å². The predicted molar refractivity (Wildman–Crippen MR) is 88.0 cm³/mol. The molecule has 1 fully saturated rings. The van der Waals surface area contributed by atoms with Crippen molar-refractivity contribution in [2.45, 2.75) is 32.7 Å². The molecule has 1 aliphatic heterocycles. The summed E-state index contributed by atoms with van der Waals surface area (Å²) in [6.45, 7) is 5.70. The molecule has 112 valence electrons. The Morgan fingerprint density at radius 3 is 2.76 bits per heavy atom. The van der Waals surface area contributed by atoms with Crippen LogP contribution in [-0.4, -0.2) is 42.0 Å². The maximum absolute atomic E-state index is 11.4. The van der Waals surface area contributed by atoms with Gasteiger partial charge in [0.15, 0.2) is 5.13 Å². The van der Waals surface area contributed by atoms with Gasteiger partial charge in [0.05, 0.1) is 10.2 Å². The fourth-order valence-electron chi connectivity index (χ4n) is 2.86. The van der Waals surface area contributed by atoms with E-state index in [-0.39, 0.29) is 5.91 Å². The Balaban J connectivity index is 1.72. The molecule has 0 spiro atoms. The van der Waals surface area contributed by atoms with Crippen LogP contribution in [0.2, 0.25) is 0 Å². The quantitative estimate of drug-likeness (QED) is 0.855. The van der Waals surface area contributed by atoms with Crippen molar-refractivity contribution in [3.8, 4) is 0 Å². The van der Waals surface area contributed by atoms with Gasteiger partial charge in [0, 0.05) is 33.1 Å². The molecule has 0 radical (unpaired) electrons. The summed E-state index contributed by atoms with van der Waals surface area (Å²) in [6, 6.07) is 6.78. The molecule has 0 aliphatic carbocycles. The number of carbonyl (C=O) groups is 1. The van der Waals surface area contributed by atoms with Crippen molar-refractivity contribution in [3.63, 3.8) is 0 Å². The van der Waals surface area contributed by atoms with Crippen molar-refractivity contribution in [2.24, 2.45) is 0 Å². The van der Waals surface area contributed by atoms with Crippen molar-refractivity contribution < 1.29 is 4.79 Å². The Kier molecular flexibility index (Phi) is 3.85. The third kappa shape index (κ3) is 2.88. The number of carbonyl (C=O) groups excluding carboxylic acids is 1. The number of anilines is 1. The third-order valence-electron chi connectivity index (χ3n) is 4.31. The highest BCUT2D eigenvalue weighted by molar-refractivity contribution is 7.22. The number of piperidine rings is 1. The molecule has 0 N–H and O–H groups in total. The van der Waals surface area contributed by atoms with Crippen LogP contribution >= 0.6 is 11.3 Å². The highest BCUT2D eigenvalue weighted by Crippen LogP contribution is 2.31. The zero-order valence-electron chi connectivity index (χ0n) is 12.8. The molecule has 21 heavy (non-hydrogen) atoms. The molecule has 4 nitrogen and oxygen atoms in total. The van der Waals surface area contributed by atoms with Crippen molar-refractivity contribution in [1.82, 2.24) is 9.88 Å². The SMILES string of the molecule is CC(=O)N(C)C1CCN(c2nc3ccc(C)cc3s2)CC1. The first-order valence-corrected chi connectivity index (χ1v) is 8.22. The molecule has 0 saturated carbocycles. The summed E-state index contributed by atoms with van der Waals surface area (Å²) < 4.78 is 1.26. The van der Waals surface area contributed by atoms with E-state index in [2.05, 4.69) is 30.0 Å². The van der Waals surface area contributed by atoms with Crippen LogP contribution in [0.15, 0.2) is 18.2 Å². The fourth-order valence-corrected chi connectivity index (χ4v) is 3.97. The molecule has 1 aromatic heterocycles. The van der Waals surface area contributed by atoms with Gasteiger partial charge in [-0.25, -0.2) is 4.98 Å². The fraction of sp³-hybridized carbons (Fsp3) is 0.500. The minimum atomic E-state index is 0.156. The highest BCUT2D eigenvalue weighted by Gasteiger charge is 2.25. The van der Waals surface area contributed by atoms with Gasteiger partial charge in [0.1, 0.15) is 0 Å². The Hall–Kier alpha value is -1.62. The highest BCUT2D eigenvalue weighted by atomic mass is 32.1. The van der Waals surface area contributed by atoms with E-state index in [0.717, 1.165) is 36.6 Å². The summed E-state index contributed by atoms with van der Waals surface area (Å²) in [4.78, 5) is 20.4. The molecule has 0 atom stereocenters. The lowest BCUT2D eigenvalue weighted by molar-refractivity contribution is -0.129. The lowest BCUT2D eigenvalue weighted by atomic mass is 10.0. The number of aryl methyl sites for hydroxylation is 1. The molecule has 0 unspecified atom stereocenters. The standard InChI is InChI=1S/C16H21N3OS/c1-11-4-5-14-15(10-11)21-16(17-14)19-8-6-13(7-9-19)18(3)12(2)20/h4-5,10,13H,6-9H2,1-3H3. The number of rotatable bonds is 2. The molecule has 2 heterocycles. The van der Waals surface area contributed by atoms with E-state index in [4.69, 9.17) is 4.98 Å². The average molecular weight is 303 g/mol. The molecule has 2 aromatic rings. The third-order valence-corrected chi connectivity index (χ3v) is 5.39. The van der Waals surface area contributed by atoms with Gasteiger partial charge < -0.3 is 9.80 Å². The summed E-state index contributed by atoms with van der Waals surface area (Å²) in [5.74, 6) is 0.156.